The highest BCUT2D eigenvalue weighted by Gasteiger charge is 2.37. The van der Waals surface area contributed by atoms with Gasteiger partial charge in [0.05, 0.1) is 16.8 Å². The van der Waals surface area contributed by atoms with Crippen molar-refractivity contribution in [1.82, 2.24) is 0 Å². The summed E-state index contributed by atoms with van der Waals surface area (Å²) in [6, 6.07) is 8.41. The Labute approximate surface area is 156 Å². The van der Waals surface area contributed by atoms with Crippen molar-refractivity contribution in [3.05, 3.63) is 64.2 Å². The number of Topliss-reactive ketones (excluding diaryl/α,β-unsaturated/α-hetero) is 1. The van der Waals surface area contributed by atoms with Crippen LogP contribution in [0.4, 0.5) is 18.9 Å². The number of esters is 1. The average Bonchev–Trinajstić information content (AvgIpc) is 2.84. The number of halogens is 4. The zero-order valence-corrected chi connectivity index (χ0v) is 14.3. The van der Waals surface area contributed by atoms with E-state index in [-0.39, 0.29) is 22.9 Å². The maximum atomic E-state index is 12.5. The minimum Gasteiger partial charge on any atom is -0.459 e. The number of nitrogens with zero attached hydrogens (tertiary/aromatic N) is 1. The molecule has 2 aromatic rings. The third-order valence-corrected chi connectivity index (χ3v) is 4.14. The van der Waals surface area contributed by atoms with Crippen LogP contribution < -0.4 is 4.90 Å². The number of alkyl halides is 3. The van der Waals surface area contributed by atoms with E-state index in [2.05, 4.69) is 0 Å². The Morgan fingerprint density at radius 2 is 1.74 bits per heavy atom. The Balaban J connectivity index is 1.63. The minimum atomic E-state index is -4.45. The maximum absolute atomic E-state index is 12.5. The third kappa shape index (κ3) is 3.95. The fourth-order valence-electron chi connectivity index (χ4n) is 2.56. The van der Waals surface area contributed by atoms with E-state index in [0.717, 1.165) is 17.0 Å². The summed E-state index contributed by atoms with van der Waals surface area (Å²) in [5, 5.41) is 0.279. The fraction of sp³-hybridized carbons (Fsp3) is 0.167. The lowest BCUT2D eigenvalue weighted by Gasteiger charge is -2.15. The third-order valence-electron chi connectivity index (χ3n) is 3.90. The molecule has 9 heteroatoms. The van der Waals surface area contributed by atoms with Gasteiger partial charge < -0.3 is 4.74 Å². The maximum Gasteiger partial charge on any atom is 0.416 e. The summed E-state index contributed by atoms with van der Waals surface area (Å²) < 4.78 is 42.5. The lowest BCUT2D eigenvalue weighted by atomic mass is 10.1. The predicted molar refractivity (Wildman–Crippen MR) is 89.4 cm³/mol. The molecule has 1 aliphatic rings. The number of carbonyl (C=O) groups excluding carboxylic acids is 3. The molecule has 1 aliphatic heterocycles. The topological polar surface area (TPSA) is 63.7 Å². The molecule has 0 atom stereocenters. The molecule has 0 spiro atoms. The van der Waals surface area contributed by atoms with Gasteiger partial charge in [0.1, 0.15) is 13.2 Å². The zero-order chi connectivity index (χ0) is 19.8. The van der Waals surface area contributed by atoms with Crippen molar-refractivity contribution in [3.8, 4) is 0 Å². The number of benzene rings is 2. The Kier molecular flexibility index (Phi) is 4.93. The van der Waals surface area contributed by atoms with Crippen molar-refractivity contribution in [2.75, 3.05) is 11.4 Å². The Hall–Kier alpha value is -2.87. The van der Waals surface area contributed by atoms with Crippen molar-refractivity contribution < 1.29 is 32.3 Å². The summed E-state index contributed by atoms with van der Waals surface area (Å²) in [7, 11) is 0. The quantitative estimate of drug-likeness (QED) is 0.584. The summed E-state index contributed by atoms with van der Waals surface area (Å²) >= 11 is 5.80. The summed E-state index contributed by atoms with van der Waals surface area (Å²) in [4.78, 5) is 36.9. The average molecular weight is 398 g/mol. The van der Waals surface area contributed by atoms with Gasteiger partial charge in [-0.1, -0.05) is 23.7 Å². The van der Waals surface area contributed by atoms with Crippen LogP contribution in [0.5, 0.6) is 0 Å². The van der Waals surface area contributed by atoms with E-state index in [1.165, 1.54) is 30.3 Å². The van der Waals surface area contributed by atoms with Gasteiger partial charge in [0.15, 0.2) is 0 Å². The Bertz CT molecular complexity index is 925. The number of ether oxygens (including phenoxy) is 1. The largest absolute Gasteiger partial charge is 0.459 e. The van der Waals surface area contributed by atoms with Crippen molar-refractivity contribution >= 4 is 34.9 Å². The van der Waals surface area contributed by atoms with Gasteiger partial charge in [0.25, 0.3) is 11.7 Å². The molecule has 0 fully saturated rings. The molecule has 0 aliphatic carbocycles. The van der Waals surface area contributed by atoms with Crippen LogP contribution in [0, 0.1) is 0 Å². The van der Waals surface area contributed by atoms with Crippen LogP contribution in [-0.2, 0) is 27.1 Å². The monoisotopic (exact) mass is 397 g/mol. The first kappa shape index (κ1) is 18.9. The Morgan fingerprint density at radius 3 is 2.37 bits per heavy atom. The standard InChI is InChI=1S/C18H11ClF3NO4/c19-12-5-6-14-13(7-12)16(25)17(26)23(14)8-15(24)27-9-10-1-3-11(4-2-10)18(20,21)22/h1-7H,8-9H2. The lowest BCUT2D eigenvalue weighted by Crippen LogP contribution is -2.35. The molecular weight excluding hydrogens is 387 g/mol. The van der Waals surface area contributed by atoms with E-state index in [0.29, 0.717) is 5.56 Å². The SMILES string of the molecule is O=C(CN1C(=O)C(=O)c2cc(Cl)ccc21)OCc1ccc(C(F)(F)F)cc1. The van der Waals surface area contributed by atoms with Gasteiger partial charge >= 0.3 is 12.1 Å². The summed E-state index contributed by atoms with van der Waals surface area (Å²) in [5.74, 6) is -2.46. The highest BCUT2D eigenvalue weighted by Crippen LogP contribution is 2.31. The number of amides is 1. The predicted octanol–water partition coefficient (Wildman–Crippen LogP) is 3.63. The molecule has 5 nitrogen and oxygen atoms in total. The summed E-state index contributed by atoms with van der Waals surface area (Å²) in [5.41, 5.74) is -0.106. The molecule has 0 aromatic heterocycles. The Morgan fingerprint density at radius 1 is 1.07 bits per heavy atom. The number of anilines is 1. The minimum absolute atomic E-state index is 0.100. The van der Waals surface area contributed by atoms with E-state index in [1.807, 2.05) is 0 Å². The van der Waals surface area contributed by atoms with Gasteiger partial charge in [0.2, 0.25) is 0 Å². The highest BCUT2D eigenvalue weighted by molar-refractivity contribution is 6.53. The number of hydrogen-bond acceptors (Lipinski definition) is 4. The molecule has 2 aromatic carbocycles. The van der Waals surface area contributed by atoms with Crippen LogP contribution in [0.15, 0.2) is 42.5 Å². The van der Waals surface area contributed by atoms with E-state index < -0.39 is 35.9 Å². The fourth-order valence-corrected chi connectivity index (χ4v) is 2.73. The molecule has 0 saturated carbocycles. The van der Waals surface area contributed by atoms with Crippen LogP contribution in [0.2, 0.25) is 5.02 Å². The highest BCUT2D eigenvalue weighted by atomic mass is 35.5. The first-order chi connectivity index (χ1) is 12.7. The number of ketones is 1. The molecule has 3 rings (SSSR count). The van der Waals surface area contributed by atoms with Crippen molar-refractivity contribution in [2.45, 2.75) is 12.8 Å². The molecule has 1 heterocycles. The van der Waals surface area contributed by atoms with Gasteiger partial charge in [-0.25, -0.2) is 0 Å². The van der Waals surface area contributed by atoms with E-state index in [4.69, 9.17) is 16.3 Å². The van der Waals surface area contributed by atoms with Gasteiger partial charge in [-0.15, -0.1) is 0 Å². The van der Waals surface area contributed by atoms with Gasteiger partial charge in [0, 0.05) is 5.02 Å². The van der Waals surface area contributed by atoms with Gasteiger partial charge in [-0.05, 0) is 35.9 Å². The van der Waals surface area contributed by atoms with E-state index in [1.54, 1.807) is 0 Å². The van der Waals surface area contributed by atoms with Crippen LogP contribution >= 0.6 is 11.6 Å². The molecule has 0 unspecified atom stereocenters. The molecule has 0 radical (unpaired) electrons. The number of carbonyl (C=O) groups is 3. The normalized spacial score (nSPS) is 13.7. The van der Waals surface area contributed by atoms with Crippen molar-refractivity contribution in [1.29, 1.82) is 0 Å². The number of fused-ring (bicyclic) bond motifs is 1. The molecule has 140 valence electrons. The number of hydrogen-bond donors (Lipinski definition) is 0. The molecule has 0 N–H and O–H groups in total. The molecule has 1 amide bonds. The summed E-state index contributed by atoms with van der Waals surface area (Å²) in [6.07, 6.45) is -4.45. The molecule has 0 saturated heterocycles. The van der Waals surface area contributed by atoms with Crippen molar-refractivity contribution in [3.63, 3.8) is 0 Å². The zero-order valence-electron chi connectivity index (χ0n) is 13.5. The van der Waals surface area contributed by atoms with Crippen LogP contribution in [0.1, 0.15) is 21.5 Å². The second-order valence-electron chi connectivity index (χ2n) is 5.74. The first-order valence-electron chi connectivity index (χ1n) is 7.64. The first-order valence-corrected chi connectivity index (χ1v) is 8.02. The lowest BCUT2D eigenvalue weighted by molar-refractivity contribution is -0.144. The summed E-state index contributed by atoms with van der Waals surface area (Å²) in [6.45, 7) is -0.764. The van der Waals surface area contributed by atoms with Gasteiger partial charge in [-0.3, -0.25) is 19.3 Å². The molecule has 0 bridgehead atoms. The molecular formula is C18H11ClF3NO4. The second kappa shape index (κ2) is 7.03. The van der Waals surface area contributed by atoms with E-state index >= 15 is 0 Å². The number of rotatable bonds is 4. The second-order valence-corrected chi connectivity index (χ2v) is 6.17. The van der Waals surface area contributed by atoms with Crippen LogP contribution in [-0.4, -0.2) is 24.2 Å². The van der Waals surface area contributed by atoms with Gasteiger partial charge in [-0.2, -0.15) is 13.2 Å². The van der Waals surface area contributed by atoms with Crippen LogP contribution in [0.25, 0.3) is 0 Å². The smallest absolute Gasteiger partial charge is 0.416 e. The molecule has 27 heavy (non-hydrogen) atoms. The van der Waals surface area contributed by atoms with Crippen LogP contribution in [0.3, 0.4) is 0 Å². The van der Waals surface area contributed by atoms with Crippen molar-refractivity contribution in [2.24, 2.45) is 0 Å². The van der Waals surface area contributed by atoms with E-state index in [9.17, 15) is 27.6 Å².